The molecule has 9 nitrogen and oxygen atoms in total. The van der Waals surface area contributed by atoms with E-state index in [1.165, 1.54) is 23.4 Å². The predicted octanol–water partition coefficient (Wildman–Crippen LogP) is 3.63. The molecule has 1 aliphatic carbocycles. The molecular weight excluding hydrogens is 516 g/mol. The number of aryl methyl sites for hydroxylation is 2. The first-order valence-electron chi connectivity index (χ1n) is 12.5. The number of halogens is 2. The first-order chi connectivity index (χ1) is 18.2. The number of aromatic nitrogens is 3. The Labute approximate surface area is 221 Å². The van der Waals surface area contributed by atoms with Crippen LogP contribution in [-0.2, 0) is 24.8 Å². The summed E-state index contributed by atoms with van der Waals surface area (Å²) < 4.78 is 30.6. The Morgan fingerprint density at radius 2 is 2.00 bits per heavy atom. The highest BCUT2D eigenvalue weighted by molar-refractivity contribution is 8.00. The van der Waals surface area contributed by atoms with Gasteiger partial charge in [0, 0.05) is 37.5 Å². The molecule has 200 valence electrons. The third-order valence-corrected chi connectivity index (χ3v) is 8.27. The van der Waals surface area contributed by atoms with E-state index in [1.807, 2.05) is 0 Å². The number of fused-ring (bicyclic) bond motifs is 2. The average Bonchev–Trinajstić information content (AvgIpc) is 2.89. The number of benzene rings is 1. The van der Waals surface area contributed by atoms with E-state index in [9.17, 15) is 28.3 Å². The minimum Gasteiger partial charge on any atom is -0.477 e. The van der Waals surface area contributed by atoms with Crippen LogP contribution in [0.25, 0.3) is 10.9 Å². The van der Waals surface area contributed by atoms with Crippen molar-refractivity contribution in [3.05, 3.63) is 57.1 Å². The highest BCUT2D eigenvalue weighted by atomic mass is 32.2. The van der Waals surface area contributed by atoms with E-state index in [0.29, 0.717) is 30.5 Å². The summed E-state index contributed by atoms with van der Waals surface area (Å²) in [6, 6.07) is 1.05. The number of pyridine rings is 1. The molecule has 2 aromatic heterocycles. The number of anilines is 1. The molecule has 0 atom stereocenters. The molecule has 1 saturated carbocycles. The van der Waals surface area contributed by atoms with Crippen molar-refractivity contribution in [1.82, 2.24) is 19.9 Å². The van der Waals surface area contributed by atoms with Gasteiger partial charge in [-0.3, -0.25) is 9.59 Å². The molecule has 1 fully saturated rings. The van der Waals surface area contributed by atoms with Crippen LogP contribution < -0.4 is 16.1 Å². The van der Waals surface area contributed by atoms with Crippen LogP contribution in [0, 0.1) is 17.6 Å². The van der Waals surface area contributed by atoms with E-state index in [0.717, 1.165) is 48.7 Å². The van der Waals surface area contributed by atoms with Crippen molar-refractivity contribution in [2.24, 2.45) is 13.0 Å². The van der Waals surface area contributed by atoms with Crippen molar-refractivity contribution in [2.75, 3.05) is 11.1 Å². The molecule has 5 rings (SSSR count). The monoisotopic (exact) mass is 543 g/mol. The fourth-order valence-corrected chi connectivity index (χ4v) is 6.03. The first kappa shape index (κ1) is 26.2. The highest BCUT2D eigenvalue weighted by Gasteiger charge is 2.25. The second kappa shape index (κ2) is 10.8. The van der Waals surface area contributed by atoms with Crippen molar-refractivity contribution in [3.63, 3.8) is 0 Å². The molecule has 0 saturated heterocycles. The SMILES string of the molecule is Cn1cc(C(=O)O)c(=O)c2c(CC[C@H]3CC[C@H](NCc4cnc5c(n4)NC(=O)CS5)CC3)c(F)cc(F)c21. The number of aromatic carboxylic acids is 1. The van der Waals surface area contributed by atoms with Gasteiger partial charge in [0.25, 0.3) is 0 Å². The molecule has 1 aromatic carbocycles. The van der Waals surface area contributed by atoms with Gasteiger partial charge >= 0.3 is 5.97 Å². The number of hydrogen-bond acceptors (Lipinski definition) is 7. The van der Waals surface area contributed by atoms with Crippen molar-refractivity contribution < 1.29 is 23.5 Å². The lowest BCUT2D eigenvalue weighted by Crippen LogP contribution is -2.33. The van der Waals surface area contributed by atoms with Crippen molar-refractivity contribution in [3.8, 4) is 0 Å². The zero-order valence-corrected chi connectivity index (χ0v) is 21.5. The number of carboxylic acids is 1. The van der Waals surface area contributed by atoms with Crippen LogP contribution in [0.5, 0.6) is 0 Å². The molecule has 3 aromatic rings. The third kappa shape index (κ3) is 5.28. The molecule has 0 bridgehead atoms. The van der Waals surface area contributed by atoms with Crippen LogP contribution in [0.3, 0.4) is 0 Å². The van der Waals surface area contributed by atoms with Gasteiger partial charge in [0.2, 0.25) is 11.3 Å². The van der Waals surface area contributed by atoms with Crippen LogP contribution in [0.1, 0.15) is 53.7 Å². The van der Waals surface area contributed by atoms with Crippen molar-refractivity contribution in [1.29, 1.82) is 0 Å². The van der Waals surface area contributed by atoms with E-state index in [1.54, 1.807) is 6.20 Å². The minimum atomic E-state index is -1.43. The second-order valence-electron chi connectivity index (χ2n) is 9.82. The van der Waals surface area contributed by atoms with Gasteiger partial charge in [-0.25, -0.2) is 23.5 Å². The molecule has 12 heteroatoms. The fourth-order valence-electron chi connectivity index (χ4n) is 5.33. The number of nitrogens with one attached hydrogen (secondary N) is 2. The lowest BCUT2D eigenvalue weighted by molar-refractivity contribution is -0.113. The molecule has 1 aliphatic heterocycles. The first-order valence-corrected chi connectivity index (χ1v) is 13.4. The van der Waals surface area contributed by atoms with Crippen molar-refractivity contribution in [2.45, 2.75) is 56.1 Å². The topological polar surface area (TPSA) is 126 Å². The Morgan fingerprint density at radius 1 is 1.24 bits per heavy atom. The molecule has 2 aliphatic rings. The maximum atomic E-state index is 14.8. The number of carbonyl (C=O) groups is 2. The van der Waals surface area contributed by atoms with Crippen LogP contribution >= 0.6 is 11.8 Å². The average molecular weight is 544 g/mol. The number of carbonyl (C=O) groups excluding carboxylic acids is 1. The number of rotatable bonds is 7. The van der Waals surface area contributed by atoms with Gasteiger partial charge < -0.3 is 20.3 Å². The van der Waals surface area contributed by atoms with Crippen LogP contribution in [-0.4, -0.2) is 43.3 Å². The summed E-state index contributed by atoms with van der Waals surface area (Å²) in [5.74, 6) is -2.10. The number of thioether (sulfide) groups is 1. The van der Waals surface area contributed by atoms with Crippen LogP contribution in [0.15, 0.2) is 28.3 Å². The molecule has 3 N–H and O–H groups in total. The van der Waals surface area contributed by atoms with Gasteiger partial charge in [0.05, 0.1) is 28.5 Å². The zero-order chi connectivity index (χ0) is 27.0. The lowest BCUT2D eigenvalue weighted by Gasteiger charge is -2.29. The van der Waals surface area contributed by atoms with Gasteiger partial charge in [-0.05, 0) is 44.4 Å². The molecule has 0 radical (unpaired) electrons. The van der Waals surface area contributed by atoms with Gasteiger partial charge in [-0.2, -0.15) is 0 Å². The normalized spacial score (nSPS) is 19.3. The second-order valence-corrected chi connectivity index (χ2v) is 10.8. The number of nitrogens with zero attached hydrogens (tertiary/aromatic N) is 3. The predicted molar refractivity (Wildman–Crippen MR) is 138 cm³/mol. The molecule has 38 heavy (non-hydrogen) atoms. The van der Waals surface area contributed by atoms with E-state index in [4.69, 9.17) is 0 Å². The number of hydrogen-bond donors (Lipinski definition) is 3. The van der Waals surface area contributed by atoms with E-state index < -0.39 is 28.6 Å². The Morgan fingerprint density at radius 3 is 2.74 bits per heavy atom. The summed E-state index contributed by atoms with van der Waals surface area (Å²) in [4.78, 5) is 44.8. The highest BCUT2D eigenvalue weighted by Crippen LogP contribution is 2.31. The number of amides is 1. The Hall–Kier alpha value is -3.38. The Balaban J connectivity index is 1.21. The van der Waals surface area contributed by atoms with Crippen molar-refractivity contribution >= 4 is 40.4 Å². The third-order valence-electron chi connectivity index (χ3n) is 7.29. The molecule has 1 amide bonds. The number of carboxylic acid groups (broad SMARTS) is 1. The van der Waals surface area contributed by atoms with Gasteiger partial charge in [-0.1, -0.05) is 11.8 Å². The summed E-state index contributed by atoms with van der Waals surface area (Å²) in [6.45, 7) is 0.526. The summed E-state index contributed by atoms with van der Waals surface area (Å²) in [5.41, 5.74) is -0.651. The molecule has 0 unspecified atom stereocenters. The molecular formula is C26H27F2N5O4S. The maximum Gasteiger partial charge on any atom is 0.341 e. The zero-order valence-electron chi connectivity index (χ0n) is 20.7. The van der Waals surface area contributed by atoms with Crippen LogP contribution in [0.2, 0.25) is 0 Å². The largest absolute Gasteiger partial charge is 0.477 e. The Bertz CT molecular complexity index is 1490. The smallest absolute Gasteiger partial charge is 0.341 e. The van der Waals surface area contributed by atoms with Crippen LogP contribution in [0.4, 0.5) is 14.6 Å². The quantitative estimate of drug-likeness (QED) is 0.413. The van der Waals surface area contributed by atoms with Gasteiger partial charge in [-0.15, -0.1) is 0 Å². The lowest BCUT2D eigenvalue weighted by atomic mass is 9.82. The summed E-state index contributed by atoms with van der Waals surface area (Å²) in [5, 5.41) is 16.2. The van der Waals surface area contributed by atoms with Gasteiger partial charge in [0.15, 0.2) is 11.6 Å². The molecule has 0 spiro atoms. The van der Waals surface area contributed by atoms with E-state index in [-0.39, 0.29) is 34.8 Å². The molecule has 3 heterocycles. The minimum absolute atomic E-state index is 0.0709. The standard InChI is InChI=1S/C26H27F2N5O4S/c1-33-11-17(26(36)37)23(35)21-16(18(27)8-19(28)22(21)33)7-4-13-2-5-14(6-3-13)29-9-15-10-30-25-24(31-15)32-20(34)12-38-25/h8,10-11,13-14,29H,2-7,9,12H2,1H3,(H,36,37)(H,31,32,34)/t13-,14-. The fraction of sp³-hybridized carbons (Fsp3) is 0.423. The summed E-state index contributed by atoms with van der Waals surface area (Å²) in [7, 11) is 1.44. The van der Waals surface area contributed by atoms with Gasteiger partial charge in [0.1, 0.15) is 16.4 Å². The van der Waals surface area contributed by atoms with E-state index >= 15 is 0 Å². The summed E-state index contributed by atoms with van der Waals surface area (Å²) in [6.07, 6.45) is 7.23. The maximum absolute atomic E-state index is 14.8. The Kier molecular flexibility index (Phi) is 7.44. The summed E-state index contributed by atoms with van der Waals surface area (Å²) >= 11 is 1.37. The van der Waals surface area contributed by atoms with E-state index in [2.05, 4.69) is 20.6 Å².